The first-order valence-corrected chi connectivity index (χ1v) is 11.9. The van der Waals surface area contributed by atoms with E-state index in [0.29, 0.717) is 23.7 Å². The molecule has 6 N–H and O–H groups in total. The van der Waals surface area contributed by atoms with Crippen LogP contribution in [0.25, 0.3) is 0 Å². The van der Waals surface area contributed by atoms with Crippen LogP contribution in [-0.2, 0) is 4.79 Å². The van der Waals surface area contributed by atoms with Gasteiger partial charge >= 0.3 is 0 Å². The molecule has 0 aliphatic carbocycles. The number of nitrogens with zero attached hydrogens (tertiary/aromatic N) is 2. The van der Waals surface area contributed by atoms with Crippen LogP contribution in [0.1, 0.15) is 57.6 Å². The zero-order chi connectivity index (χ0) is 25.7. The highest BCUT2D eigenvalue weighted by atomic mass is 32.1. The van der Waals surface area contributed by atoms with Gasteiger partial charge in [0.1, 0.15) is 16.7 Å². The molecule has 0 aliphatic rings. The minimum absolute atomic E-state index is 0.000752. The monoisotopic (exact) mass is 495 g/mol. The van der Waals surface area contributed by atoms with Gasteiger partial charge in [0.25, 0.3) is 11.8 Å². The van der Waals surface area contributed by atoms with Crippen LogP contribution >= 0.6 is 11.5 Å². The van der Waals surface area contributed by atoms with E-state index in [1.807, 2.05) is 19.1 Å². The maximum atomic E-state index is 14.0. The number of hydrogen-bond donors (Lipinski definition) is 4. The molecule has 1 atom stereocenters. The predicted octanol–water partition coefficient (Wildman–Crippen LogP) is 3.39. The van der Waals surface area contributed by atoms with Crippen molar-refractivity contribution in [1.29, 1.82) is 0 Å². The van der Waals surface area contributed by atoms with Crippen molar-refractivity contribution >= 4 is 40.6 Å². The van der Waals surface area contributed by atoms with Gasteiger partial charge in [-0.2, -0.15) is 4.37 Å². The van der Waals surface area contributed by atoms with Crippen LogP contribution < -0.4 is 21.7 Å². The number of carbonyl (C=O) groups excluding carboxylic acids is 3. The third-order valence-electron chi connectivity index (χ3n) is 5.49. The molecule has 0 bridgehead atoms. The number of phenolic OH excluding ortho intramolecular Hbond substituents is 1. The average Bonchev–Trinajstić information content (AvgIpc) is 3.20. The number of benzene rings is 2. The number of rotatable bonds is 9. The highest BCUT2D eigenvalue weighted by Crippen LogP contribution is 2.35. The molecule has 0 unspecified atom stereocenters. The second-order valence-electron chi connectivity index (χ2n) is 8.57. The van der Waals surface area contributed by atoms with E-state index in [1.165, 1.54) is 17.0 Å². The lowest BCUT2D eigenvalue weighted by Crippen LogP contribution is -2.44. The summed E-state index contributed by atoms with van der Waals surface area (Å²) in [4.78, 5) is 40.6. The van der Waals surface area contributed by atoms with Gasteiger partial charge in [-0.1, -0.05) is 44.2 Å². The Hall–Kier alpha value is -3.92. The third kappa shape index (κ3) is 5.78. The molecular weight excluding hydrogens is 466 g/mol. The first-order valence-electron chi connectivity index (χ1n) is 11.1. The van der Waals surface area contributed by atoms with Crippen LogP contribution in [0, 0.1) is 12.8 Å². The minimum atomic E-state index is -1.09. The molecule has 10 heteroatoms. The van der Waals surface area contributed by atoms with Crippen LogP contribution in [0.4, 0.5) is 11.4 Å². The summed E-state index contributed by atoms with van der Waals surface area (Å²) in [6, 6.07) is 12.1. The van der Waals surface area contributed by atoms with Crippen molar-refractivity contribution < 1.29 is 19.5 Å². The van der Waals surface area contributed by atoms with Crippen LogP contribution in [0.3, 0.4) is 0 Å². The predicted molar refractivity (Wildman–Crippen MR) is 136 cm³/mol. The summed E-state index contributed by atoms with van der Waals surface area (Å²) in [5.41, 5.74) is 12.8. The number of aromatic nitrogens is 1. The molecular formula is C25H29N5O4S. The molecule has 3 rings (SSSR count). The Morgan fingerprint density at radius 1 is 1.11 bits per heavy atom. The first kappa shape index (κ1) is 25.7. The number of para-hydroxylation sites is 1. The van der Waals surface area contributed by atoms with Gasteiger partial charge in [-0.15, -0.1) is 0 Å². The molecule has 0 radical (unpaired) electrons. The fourth-order valence-corrected chi connectivity index (χ4v) is 4.34. The van der Waals surface area contributed by atoms with Crippen LogP contribution in [-0.4, -0.2) is 33.7 Å². The Bertz CT molecular complexity index is 1220. The van der Waals surface area contributed by atoms with E-state index in [2.05, 4.69) is 23.5 Å². The number of phenols is 1. The first-order chi connectivity index (χ1) is 16.6. The van der Waals surface area contributed by atoms with Crippen molar-refractivity contribution in [3.63, 3.8) is 0 Å². The zero-order valence-corrected chi connectivity index (χ0v) is 20.6. The number of nitrogens with one attached hydrogen (secondary N) is 1. The van der Waals surface area contributed by atoms with Crippen molar-refractivity contribution in [2.45, 2.75) is 33.2 Å². The molecule has 0 saturated carbocycles. The van der Waals surface area contributed by atoms with Crippen molar-refractivity contribution in [3.8, 4) is 5.75 Å². The van der Waals surface area contributed by atoms with Crippen LogP contribution in [0.2, 0.25) is 0 Å². The largest absolute Gasteiger partial charge is 0.508 e. The number of primary amides is 1. The Balaban J connectivity index is 2.17. The summed E-state index contributed by atoms with van der Waals surface area (Å²) in [5.74, 6) is -1.44. The highest BCUT2D eigenvalue weighted by molar-refractivity contribution is 7.09. The van der Waals surface area contributed by atoms with E-state index in [1.54, 1.807) is 24.3 Å². The maximum absolute atomic E-state index is 14.0. The second-order valence-corrected chi connectivity index (χ2v) is 9.34. The summed E-state index contributed by atoms with van der Waals surface area (Å²) in [7, 11) is 0. The van der Waals surface area contributed by atoms with Gasteiger partial charge < -0.3 is 21.9 Å². The molecule has 0 fully saturated rings. The Labute approximate surface area is 207 Å². The molecule has 0 aliphatic heterocycles. The Kier molecular flexibility index (Phi) is 8.08. The van der Waals surface area contributed by atoms with Gasteiger partial charge in [0, 0.05) is 12.2 Å². The van der Waals surface area contributed by atoms with Gasteiger partial charge in [-0.05, 0) is 60.1 Å². The van der Waals surface area contributed by atoms with Gasteiger partial charge in [0.2, 0.25) is 5.91 Å². The fraction of sp³-hybridized carbons (Fsp3) is 0.280. The number of nitrogens with two attached hydrogens (primary N) is 2. The second kappa shape index (κ2) is 11.0. The quantitative estimate of drug-likeness (QED) is 0.357. The number of aromatic hydroxyl groups is 1. The smallest absolute Gasteiger partial charge is 0.273 e. The standard InChI is InChI=1S/C25H29N5O4S/c1-14(2)12-13-28-24(33)21(16-8-10-17(31)11-9-16)30(18-7-5-4-6-15(18)3)25(34)22-19(26)20(23(27)32)29-35-22/h4-11,14,21,31H,12-13,26H2,1-3H3,(H2,27,32)(H,28,33)/t21-/m0/s1. The van der Waals surface area contributed by atoms with Gasteiger partial charge in [-0.3, -0.25) is 19.3 Å². The fourth-order valence-electron chi connectivity index (χ4n) is 3.59. The lowest BCUT2D eigenvalue weighted by Gasteiger charge is -2.32. The van der Waals surface area contributed by atoms with E-state index in [-0.39, 0.29) is 22.0 Å². The topological polar surface area (TPSA) is 152 Å². The zero-order valence-electron chi connectivity index (χ0n) is 19.8. The summed E-state index contributed by atoms with van der Waals surface area (Å²) in [6.07, 6.45) is 0.760. The van der Waals surface area contributed by atoms with Crippen molar-refractivity contribution in [2.75, 3.05) is 17.2 Å². The molecule has 35 heavy (non-hydrogen) atoms. The third-order valence-corrected chi connectivity index (χ3v) is 6.34. The molecule has 3 amide bonds. The lowest BCUT2D eigenvalue weighted by molar-refractivity contribution is -0.122. The molecule has 1 aromatic heterocycles. The van der Waals surface area contributed by atoms with E-state index in [4.69, 9.17) is 11.5 Å². The summed E-state index contributed by atoms with van der Waals surface area (Å²) in [6.45, 7) is 6.35. The molecule has 1 heterocycles. The Morgan fingerprint density at radius 3 is 2.34 bits per heavy atom. The summed E-state index contributed by atoms with van der Waals surface area (Å²) in [5, 5.41) is 12.7. The number of hydrogen-bond acceptors (Lipinski definition) is 7. The molecule has 184 valence electrons. The number of aryl methyl sites for hydroxylation is 1. The van der Waals surface area contributed by atoms with E-state index >= 15 is 0 Å². The molecule has 0 saturated heterocycles. The number of nitrogen functional groups attached to an aromatic ring is 1. The number of amides is 3. The van der Waals surface area contributed by atoms with Crippen LogP contribution in [0.5, 0.6) is 5.75 Å². The lowest BCUT2D eigenvalue weighted by atomic mass is 10.0. The normalized spacial score (nSPS) is 11.8. The summed E-state index contributed by atoms with van der Waals surface area (Å²) < 4.78 is 3.95. The van der Waals surface area contributed by atoms with Gasteiger partial charge in [0.15, 0.2) is 5.69 Å². The molecule has 9 nitrogen and oxygen atoms in total. The molecule has 3 aromatic rings. The maximum Gasteiger partial charge on any atom is 0.273 e. The van der Waals surface area contributed by atoms with E-state index in [9.17, 15) is 19.5 Å². The molecule has 0 spiro atoms. The summed E-state index contributed by atoms with van der Waals surface area (Å²) >= 11 is 0.751. The highest BCUT2D eigenvalue weighted by Gasteiger charge is 2.36. The van der Waals surface area contributed by atoms with Gasteiger partial charge in [0.05, 0.1) is 5.69 Å². The van der Waals surface area contributed by atoms with Crippen LogP contribution in [0.15, 0.2) is 48.5 Å². The number of anilines is 2. The minimum Gasteiger partial charge on any atom is -0.508 e. The number of carbonyl (C=O) groups is 3. The Morgan fingerprint density at radius 2 is 1.77 bits per heavy atom. The van der Waals surface area contributed by atoms with E-state index in [0.717, 1.165) is 23.5 Å². The van der Waals surface area contributed by atoms with Crippen molar-refractivity contribution in [3.05, 3.63) is 70.2 Å². The van der Waals surface area contributed by atoms with Gasteiger partial charge in [-0.25, -0.2) is 0 Å². The molecule has 2 aromatic carbocycles. The average molecular weight is 496 g/mol. The SMILES string of the molecule is Cc1ccccc1N(C(=O)c1snc(C(N)=O)c1N)[C@H](C(=O)NCCC(C)C)c1ccc(O)cc1. The van der Waals surface area contributed by atoms with Crippen molar-refractivity contribution in [2.24, 2.45) is 11.7 Å². The van der Waals surface area contributed by atoms with E-state index < -0.39 is 23.8 Å². The van der Waals surface area contributed by atoms with Crippen molar-refractivity contribution in [1.82, 2.24) is 9.69 Å².